The molecule has 1 aromatic heterocycles. The van der Waals surface area contributed by atoms with Crippen LogP contribution in [-0.2, 0) is 4.79 Å². The zero-order chi connectivity index (χ0) is 9.84. The Morgan fingerprint density at radius 3 is 2.77 bits per heavy atom. The molecule has 5 heteroatoms. The molecule has 0 bridgehead atoms. The highest BCUT2D eigenvalue weighted by molar-refractivity contribution is 7.99. The maximum absolute atomic E-state index is 10.4. The molecule has 1 aromatic rings. The quantitative estimate of drug-likeness (QED) is 0.743. The number of aromatic nitrogens is 1. The van der Waals surface area contributed by atoms with Gasteiger partial charge in [-0.2, -0.15) is 0 Å². The van der Waals surface area contributed by atoms with Crippen molar-refractivity contribution in [1.29, 1.82) is 0 Å². The summed E-state index contributed by atoms with van der Waals surface area (Å²) in [6, 6.07) is 0. The van der Waals surface area contributed by atoms with E-state index < -0.39 is 0 Å². The molecule has 2 N–H and O–H groups in total. The van der Waals surface area contributed by atoms with Crippen LogP contribution in [0.4, 0.5) is 0 Å². The van der Waals surface area contributed by atoms with Crippen LogP contribution in [0.25, 0.3) is 0 Å². The van der Waals surface area contributed by atoms with Crippen LogP contribution < -0.4 is 5.73 Å². The number of nitrogens with two attached hydrogens (primary N) is 1. The van der Waals surface area contributed by atoms with Crippen molar-refractivity contribution in [3.8, 4) is 0 Å². The Kier molecular flexibility index (Phi) is 3.36. The molecule has 72 valence electrons. The first-order valence-electron chi connectivity index (χ1n) is 3.94. The minimum Gasteiger partial charge on any atom is -0.437 e. The van der Waals surface area contributed by atoms with Crippen molar-refractivity contribution in [3.05, 3.63) is 11.5 Å². The van der Waals surface area contributed by atoms with Gasteiger partial charge in [-0.1, -0.05) is 11.8 Å². The summed E-state index contributed by atoms with van der Waals surface area (Å²) >= 11 is 1.41. The molecule has 13 heavy (non-hydrogen) atoms. The van der Waals surface area contributed by atoms with Crippen LogP contribution in [0.2, 0.25) is 0 Å². The number of nitrogens with zero attached hydrogens (tertiary/aromatic N) is 1. The van der Waals surface area contributed by atoms with Crippen LogP contribution in [0.5, 0.6) is 0 Å². The molecule has 1 amide bonds. The smallest absolute Gasteiger partial charge is 0.256 e. The van der Waals surface area contributed by atoms with E-state index in [-0.39, 0.29) is 5.91 Å². The summed E-state index contributed by atoms with van der Waals surface area (Å²) in [6.45, 7) is 3.75. The van der Waals surface area contributed by atoms with Crippen molar-refractivity contribution in [1.82, 2.24) is 4.98 Å². The first-order valence-corrected chi connectivity index (χ1v) is 4.93. The van der Waals surface area contributed by atoms with Crippen LogP contribution in [0, 0.1) is 13.8 Å². The van der Waals surface area contributed by atoms with Gasteiger partial charge < -0.3 is 10.2 Å². The number of primary amides is 1. The maximum Gasteiger partial charge on any atom is 0.256 e. The number of carbonyl (C=O) groups is 1. The van der Waals surface area contributed by atoms with E-state index in [1.165, 1.54) is 11.8 Å². The van der Waals surface area contributed by atoms with E-state index in [0.29, 0.717) is 17.4 Å². The Labute approximate surface area is 80.9 Å². The summed E-state index contributed by atoms with van der Waals surface area (Å²) < 4.78 is 5.30. The van der Waals surface area contributed by atoms with Crippen molar-refractivity contribution < 1.29 is 9.21 Å². The van der Waals surface area contributed by atoms with Crippen LogP contribution >= 0.6 is 11.8 Å². The first-order chi connectivity index (χ1) is 6.09. The Balaban J connectivity index is 2.41. The third-order valence-corrected chi connectivity index (χ3v) is 2.41. The van der Waals surface area contributed by atoms with Gasteiger partial charge in [0.2, 0.25) is 5.91 Å². The van der Waals surface area contributed by atoms with Crippen molar-refractivity contribution in [3.63, 3.8) is 0 Å². The first kappa shape index (κ1) is 10.1. The molecule has 4 nitrogen and oxygen atoms in total. The number of hydrogen-bond donors (Lipinski definition) is 1. The van der Waals surface area contributed by atoms with Gasteiger partial charge in [-0.3, -0.25) is 4.79 Å². The van der Waals surface area contributed by atoms with E-state index in [1.54, 1.807) is 0 Å². The third kappa shape index (κ3) is 3.10. The van der Waals surface area contributed by atoms with Crippen LogP contribution in [0.3, 0.4) is 0 Å². The lowest BCUT2D eigenvalue weighted by Gasteiger charge is -1.92. The molecule has 0 atom stereocenters. The standard InChI is InChI=1S/C8H12N2O2S/c1-5-6(2)12-8(10-5)13-4-3-7(9)11/h3-4H2,1-2H3,(H2,9,11). The van der Waals surface area contributed by atoms with Gasteiger partial charge in [-0.05, 0) is 13.8 Å². The van der Waals surface area contributed by atoms with Crippen LogP contribution in [0.15, 0.2) is 9.64 Å². The average Bonchev–Trinajstić information content (AvgIpc) is 2.30. The summed E-state index contributed by atoms with van der Waals surface area (Å²) in [4.78, 5) is 14.6. The molecule has 0 spiro atoms. The van der Waals surface area contributed by atoms with Gasteiger partial charge in [0.25, 0.3) is 5.22 Å². The molecule has 0 aliphatic rings. The van der Waals surface area contributed by atoms with Crippen molar-refractivity contribution in [2.24, 2.45) is 5.73 Å². The molecular weight excluding hydrogens is 188 g/mol. The van der Waals surface area contributed by atoms with Gasteiger partial charge >= 0.3 is 0 Å². The second-order valence-corrected chi connectivity index (χ2v) is 3.73. The summed E-state index contributed by atoms with van der Waals surface area (Å²) in [5.74, 6) is 1.14. The van der Waals surface area contributed by atoms with Crippen LogP contribution in [-0.4, -0.2) is 16.6 Å². The molecule has 0 unspecified atom stereocenters. The number of amides is 1. The average molecular weight is 200 g/mol. The molecule has 0 aromatic carbocycles. The van der Waals surface area contributed by atoms with Crippen LogP contribution in [0.1, 0.15) is 17.9 Å². The van der Waals surface area contributed by atoms with E-state index in [2.05, 4.69) is 4.98 Å². The number of thioether (sulfide) groups is 1. The maximum atomic E-state index is 10.4. The predicted molar refractivity (Wildman–Crippen MR) is 50.5 cm³/mol. The molecule has 0 radical (unpaired) electrons. The topological polar surface area (TPSA) is 69.1 Å². The highest BCUT2D eigenvalue weighted by atomic mass is 32.2. The number of rotatable bonds is 4. The van der Waals surface area contributed by atoms with E-state index in [0.717, 1.165) is 11.5 Å². The zero-order valence-electron chi connectivity index (χ0n) is 7.66. The normalized spacial score (nSPS) is 10.3. The lowest BCUT2D eigenvalue weighted by Crippen LogP contribution is -2.10. The van der Waals surface area contributed by atoms with Gasteiger partial charge in [0.15, 0.2) is 0 Å². The SMILES string of the molecule is Cc1nc(SCCC(N)=O)oc1C. The Hall–Kier alpha value is -0.970. The summed E-state index contributed by atoms with van der Waals surface area (Å²) in [5, 5.41) is 0.608. The fraction of sp³-hybridized carbons (Fsp3) is 0.500. The van der Waals surface area contributed by atoms with E-state index >= 15 is 0 Å². The molecule has 0 saturated heterocycles. The molecule has 0 aliphatic heterocycles. The lowest BCUT2D eigenvalue weighted by atomic mass is 10.4. The van der Waals surface area contributed by atoms with Gasteiger partial charge in [0, 0.05) is 12.2 Å². The van der Waals surface area contributed by atoms with E-state index in [9.17, 15) is 4.79 Å². The second kappa shape index (κ2) is 4.32. The largest absolute Gasteiger partial charge is 0.437 e. The lowest BCUT2D eigenvalue weighted by molar-refractivity contribution is -0.117. The Morgan fingerprint density at radius 1 is 1.62 bits per heavy atom. The van der Waals surface area contributed by atoms with Gasteiger partial charge in [0.1, 0.15) is 5.76 Å². The number of hydrogen-bond acceptors (Lipinski definition) is 4. The van der Waals surface area contributed by atoms with Gasteiger partial charge in [-0.15, -0.1) is 0 Å². The third-order valence-electron chi connectivity index (χ3n) is 1.58. The summed E-state index contributed by atoms with van der Waals surface area (Å²) in [7, 11) is 0. The van der Waals surface area contributed by atoms with E-state index in [4.69, 9.17) is 10.2 Å². The van der Waals surface area contributed by atoms with Gasteiger partial charge in [0.05, 0.1) is 5.69 Å². The zero-order valence-corrected chi connectivity index (χ0v) is 8.48. The monoisotopic (exact) mass is 200 g/mol. The number of carbonyl (C=O) groups excluding carboxylic acids is 1. The Bertz CT molecular complexity index is 290. The second-order valence-electron chi connectivity index (χ2n) is 2.69. The Morgan fingerprint density at radius 2 is 2.31 bits per heavy atom. The minimum absolute atomic E-state index is 0.299. The van der Waals surface area contributed by atoms with E-state index in [1.807, 2.05) is 13.8 Å². The molecular formula is C8H12N2O2S. The minimum atomic E-state index is -0.299. The van der Waals surface area contributed by atoms with Crippen molar-refractivity contribution in [2.45, 2.75) is 25.5 Å². The molecule has 0 aliphatic carbocycles. The molecule has 1 rings (SSSR count). The summed E-state index contributed by atoms with van der Waals surface area (Å²) in [6.07, 6.45) is 0.352. The fourth-order valence-electron chi connectivity index (χ4n) is 0.744. The number of oxazole rings is 1. The van der Waals surface area contributed by atoms with Crippen molar-refractivity contribution >= 4 is 17.7 Å². The number of aryl methyl sites for hydroxylation is 2. The molecule has 1 heterocycles. The molecule has 0 saturated carbocycles. The predicted octanol–water partition coefficient (Wildman–Crippen LogP) is 1.26. The highest BCUT2D eigenvalue weighted by Crippen LogP contribution is 2.20. The fourth-order valence-corrected chi connectivity index (χ4v) is 1.61. The summed E-state index contributed by atoms with van der Waals surface area (Å²) in [5.41, 5.74) is 5.88. The highest BCUT2D eigenvalue weighted by Gasteiger charge is 2.05. The van der Waals surface area contributed by atoms with Gasteiger partial charge in [-0.25, -0.2) is 4.98 Å². The van der Waals surface area contributed by atoms with Crippen molar-refractivity contribution in [2.75, 3.05) is 5.75 Å². The molecule has 0 fully saturated rings.